The molecule has 3 amide bonds. The van der Waals surface area contributed by atoms with Crippen LogP contribution in [0, 0.1) is 31.6 Å². The van der Waals surface area contributed by atoms with Crippen LogP contribution in [-0.4, -0.2) is 76.1 Å². The van der Waals surface area contributed by atoms with Gasteiger partial charge in [-0.2, -0.15) is 0 Å². The number of carbonyl (C=O) groups excluding carboxylic acids is 3. The smallest absolute Gasteiger partial charge is 0.251 e. The summed E-state index contributed by atoms with van der Waals surface area (Å²) >= 11 is 1.56. The summed E-state index contributed by atoms with van der Waals surface area (Å²) in [5, 5.41) is 10.5. The minimum absolute atomic E-state index is 0.0469. The molecule has 0 radical (unpaired) electrons. The Bertz CT molecular complexity index is 1520. The van der Waals surface area contributed by atoms with E-state index in [1.165, 1.54) is 0 Å². The van der Waals surface area contributed by atoms with Gasteiger partial charge in [0, 0.05) is 29.7 Å². The lowest BCUT2D eigenvalue weighted by atomic mass is 9.78. The number of aryl methyl sites for hydroxylation is 2. The topological polar surface area (TPSA) is 90.4 Å². The van der Waals surface area contributed by atoms with Gasteiger partial charge in [0.2, 0.25) is 11.8 Å². The van der Waals surface area contributed by atoms with E-state index in [1.54, 1.807) is 26.5 Å². The largest absolute Gasteiger partial charge is 0.494 e. The zero-order valence-corrected chi connectivity index (χ0v) is 27.5. The van der Waals surface area contributed by atoms with Crippen molar-refractivity contribution in [2.24, 2.45) is 17.8 Å². The van der Waals surface area contributed by atoms with E-state index in [2.05, 4.69) is 0 Å². The molecule has 7 atom stereocenters. The summed E-state index contributed by atoms with van der Waals surface area (Å²) in [6, 6.07) is 12.0. The van der Waals surface area contributed by atoms with Gasteiger partial charge in [-0.3, -0.25) is 14.4 Å². The maximum atomic E-state index is 15.0. The molecule has 2 fully saturated rings. The fourth-order valence-corrected chi connectivity index (χ4v) is 9.79. The molecule has 45 heavy (non-hydrogen) atoms. The number of ether oxygens (including phenoxy) is 1. The Balaban J connectivity index is 1.46. The highest BCUT2D eigenvalue weighted by Gasteiger charge is 2.72. The summed E-state index contributed by atoms with van der Waals surface area (Å²) < 4.78 is 4.65. The number of fused-ring (bicyclic) bond motifs is 2. The standard InChI is InChI=1S/C36H43N3O5S/c1-6-22(3)27(21-40)39-32-35(43)38(31-23(4)11-8-12-24(31)5)20-10-18-36(32)30(34(39)42)29-28(45-36)13-9-19-37(33(29)41)25-14-16-26(17-15-25)44-7-2/h8-18,22,27-30,32,40H,6-7,19-21H2,1-5H3/t22-,27-,28-,29+,30-,32?,36-/m0/s1. The van der Waals surface area contributed by atoms with Gasteiger partial charge in [-0.05, 0) is 62.1 Å². The highest BCUT2D eigenvalue weighted by Crippen LogP contribution is 2.62. The van der Waals surface area contributed by atoms with Crippen LogP contribution in [-0.2, 0) is 14.4 Å². The number of benzene rings is 2. The highest BCUT2D eigenvalue weighted by molar-refractivity contribution is 8.02. The van der Waals surface area contributed by atoms with Crippen LogP contribution >= 0.6 is 11.8 Å². The van der Waals surface area contributed by atoms with Crippen molar-refractivity contribution in [3.05, 3.63) is 77.9 Å². The number of aliphatic hydroxyl groups excluding tert-OH is 1. The van der Waals surface area contributed by atoms with E-state index in [0.29, 0.717) is 19.7 Å². The van der Waals surface area contributed by atoms with E-state index in [1.807, 2.05) is 101 Å². The molecule has 0 bridgehead atoms. The van der Waals surface area contributed by atoms with Crippen LogP contribution < -0.4 is 14.5 Å². The molecule has 4 heterocycles. The third kappa shape index (κ3) is 4.99. The van der Waals surface area contributed by atoms with Crippen molar-refractivity contribution in [2.75, 3.05) is 36.1 Å². The van der Waals surface area contributed by atoms with Crippen LogP contribution in [0.2, 0.25) is 0 Å². The van der Waals surface area contributed by atoms with Gasteiger partial charge >= 0.3 is 0 Å². The van der Waals surface area contributed by atoms with Crippen molar-refractivity contribution in [3.8, 4) is 5.75 Å². The van der Waals surface area contributed by atoms with Crippen molar-refractivity contribution >= 4 is 40.9 Å². The van der Waals surface area contributed by atoms with Crippen LogP contribution in [0.25, 0.3) is 0 Å². The molecule has 1 N–H and O–H groups in total. The first-order valence-electron chi connectivity index (χ1n) is 16.1. The maximum absolute atomic E-state index is 15.0. The van der Waals surface area contributed by atoms with Gasteiger partial charge in [0.25, 0.3) is 5.91 Å². The molecule has 238 valence electrons. The molecule has 1 spiro atoms. The van der Waals surface area contributed by atoms with Gasteiger partial charge < -0.3 is 24.5 Å². The number of likely N-dealkylation sites (tertiary alicyclic amines) is 1. The summed E-state index contributed by atoms with van der Waals surface area (Å²) in [6.45, 7) is 11.0. The lowest BCUT2D eigenvalue weighted by Gasteiger charge is -2.40. The zero-order chi connectivity index (χ0) is 32.0. The Kier molecular flexibility index (Phi) is 8.61. The third-order valence-electron chi connectivity index (χ3n) is 10.1. The second-order valence-corrected chi connectivity index (χ2v) is 14.1. The molecule has 2 saturated heterocycles. The third-order valence-corrected chi connectivity index (χ3v) is 11.9. The predicted molar refractivity (Wildman–Crippen MR) is 179 cm³/mol. The second-order valence-electron chi connectivity index (χ2n) is 12.6. The molecule has 4 aliphatic heterocycles. The molecule has 0 aliphatic carbocycles. The van der Waals surface area contributed by atoms with Gasteiger partial charge in [-0.25, -0.2) is 0 Å². The van der Waals surface area contributed by atoms with Crippen molar-refractivity contribution in [3.63, 3.8) is 0 Å². The van der Waals surface area contributed by atoms with Crippen molar-refractivity contribution in [1.29, 1.82) is 0 Å². The summed E-state index contributed by atoms with van der Waals surface area (Å²) in [6.07, 6.45) is 8.83. The number of carbonyl (C=O) groups is 3. The number of anilines is 2. The number of amides is 3. The van der Waals surface area contributed by atoms with E-state index >= 15 is 0 Å². The van der Waals surface area contributed by atoms with Crippen LogP contribution in [0.15, 0.2) is 66.8 Å². The van der Waals surface area contributed by atoms with Gasteiger partial charge in [0.1, 0.15) is 11.8 Å². The van der Waals surface area contributed by atoms with Crippen molar-refractivity contribution < 1.29 is 24.2 Å². The number of hydrogen-bond donors (Lipinski definition) is 1. The van der Waals surface area contributed by atoms with E-state index in [-0.39, 0.29) is 35.5 Å². The molecule has 8 nitrogen and oxygen atoms in total. The number of hydrogen-bond acceptors (Lipinski definition) is 6. The number of nitrogens with zero attached hydrogens (tertiary/aromatic N) is 3. The lowest BCUT2D eigenvalue weighted by molar-refractivity contribution is -0.142. The average Bonchev–Trinajstić information content (AvgIpc) is 3.34. The van der Waals surface area contributed by atoms with Gasteiger partial charge in [0.15, 0.2) is 0 Å². The number of aliphatic hydroxyl groups is 1. The average molecular weight is 630 g/mol. The fourth-order valence-electron chi connectivity index (χ4n) is 7.80. The molecular weight excluding hydrogens is 586 g/mol. The minimum Gasteiger partial charge on any atom is -0.494 e. The van der Waals surface area contributed by atoms with Crippen LogP contribution in [0.4, 0.5) is 11.4 Å². The second kappa shape index (κ2) is 12.3. The number of para-hydroxylation sites is 1. The van der Waals surface area contributed by atoms with Gasteiger partial charge in [0.05, 0.1) is 35.8 Å². The predicted octanol–water partition coefficient (Wildman–Crippen LogP) is 4.91. The highest BCUT2D eigenvalue weighted by atomic mass is 32.2. The minimum atomic E-state index is -0.961. The van der Waals surface area contributed by atoms with Crippen LogP contribution in [0.1, 0.15) is 38.3 Å². The van der Waals surface area contributed by atoms with Gasteiger partial charge in [-0.1, -0.05) is 62.8 Å². The normalized spacial score (nSPS) is 28.8. The molecule has 9 heteroatoms. The number of rotatable bonds is 8. The van der Waals surface area contributed by atoms with E-state index in [4.69, 9.17) is 4.74 Å². The first-order valence-corrected chi connectivity index (χ1v) is 16.9. The quantitative estimate of drug-likeness (QED) is 0.418. The summed E-state index contributed by atoms with van der Waals surface area (Å²) in [4.78, 5) is 49.6. The molecule has 2 aromatic rings. The summed E-state index contributed by atoms with van der Waals surface area (Å²) in [5.41, 5.74) is 3.54. The number of thioether (sulfide) groups is 1. The monoisotopic (exact) mass is 629 g/mol. The molecule has 4 aliphatic rings. The first-order chi connectivity index (χ1) is 21.7. The first kappa shape index (κ1) is 31.4. The van der Waals surface area contributed by atoms with Gasteiger partial charge in [-0.15, -0.1) is 11.8 Å². The molecule has 0 aromatic heterocycles. The Labute approximate surface area is 270 Å². The van der Waals surface area contributed by atoms with Crippen molar-refractivity contribution in [1.82, 2.24) is 4.90 Å². The molecule has 1 unspecified atom stereocenters. The maximum Gasteiger partial charge on any atom is 0.251 e. The summed E-state index contributed by atoms with van der Waals surface area (Å²) in [7, 11) is 0. The Hall–Kier alpha value is -3.56. The SMILES string of the molecule is CCOc1ccc(N2CC=C[C@@H]3S[C@]45C=CCN(c6c(C)cccc6C)C(=O)C4N([C@@H](CO)[C@@H](C)CC)C(=O)[C@@H]5[C@@H]3C2=O)cc1. The molecular formula is C36H43N3O5S. The fraction of sp³-hybridized carbons (Fsp3) is 0.472. The Morgan fingerprint density at radius 1 is 0.956 bits per heavy atom. The Morgan fingerprint density at radius 2 is 1.64 bits per heavy atom. The van der Waals surface area contributed by atoms with Crippen molar-refractivity contribution in [2.45, 2.75) is 63.1 Å². The lowest BCUT2D eigenvalue weighted by Crippen LogP contribution is -2.58. The van der Waals surface area contributed by atoms with Crippen LogP contribution in [0.3, 0.4) is 0 Å². The van der Waals surface area contributed by atoms with Crippen LogP contribution in [0.5, 0.6) is 5.75 Å². The molecule has 6 rings (SSSR count). The zero-order valence-electron chi connectivity index (χ0n) is 26.7. The Morgan fingerprint density at radius 3 is 2.29 bits per heavy atom. The molecule has 2 aromatic carbocycles. The van der Waals surface area contributed by atoms with E-state index in [9.17, 15) is 19.5 Å². The van der Waals surface area contributed by atoms with E-state index in [0.717, 1.165) is 34.7 Å². The summed E-state index contributed by atoms with van der Waals surface area (Å²) in [5.74, 6) is -1.26. The molecule has 0 saturated carbocycles. The van der Waals surface area contributed by atoms with E-state index < -0.39 is 28.7 Å².